The van der Waals surface area contributed by atoms with Gasteiger partial charge in [-0.1, -0.05) is 6.92 Å². The molecular formula is C12H17N5O3. The van der Waals surface area contributed by atoms with Crippen LogP contribution in [0.15, 0.2) is 12.4 Å². The van der Waals surface area contributed by atoms with Gasteiger partial charge in [-0.15, -0.1) is 0 Å². The molecule has 1 aliphatic heterocycles. The van der Waals surface area contributed by atoms with Gasteiger partial charge in [0.2, 0.25) is 11.8 Å². The first kappa shape index (κ1) is 14.0. The number of imide groups is 1. The minimum Gasteiger partial charge on any atom is -0.350 e. The van der Waals surface area contributed by atoms with E-state index >= 15 is 0 Å². The fraction of sp³-hybridized carbons (Fsp3) is 0.500. The molecule has 20 heavy (non-hydrogen) atoms. The average molecular weight is 279 g/mol. The molecule has 0 atom stereocenters. The van der Waals surface area contributed by atoms with Gasteiger partial charge in [-0.25, -0.2) is 4.79 Å². The van der Waals surface area contributed by atoms with Crippen molar-refractivity contribution in [3.05, 3.63) is 18.0 Å². The summed E-state index contributed by atoms with van der Waals surface area (Å²) in [7, 11) is 0. The number of carbonyl (C=O) groups is 3. The lowest BCUT2D eigenvalue weighted by Gasteiger charge is -2.12. The standard InChI is InChI=1S/C12H17N5O3/c1-2-3-17-6-9(5-14-17)4-13-10(18)7-16-8-11(19)15-12(16)20/h5-6H,2-4,7-8H2,1H3,(H,13,18)(H,15,19,20). The Morgan fingerprint density at radius 2 is 2.30 bits per heavy atom. The van der Waals surface area contributed by atoms with E-state index in [1.54, 1.807) is 6.20 Å². The summed E-state index contributed by atoms with van der Waals surface area (Å²) in [5.74, 6) is -0.693. The van der Waals surface area contributed by atoms with Crippen LogP contribution in [0.5, 0.6) is 0 Å². The van der Waals surface area contributed by atoms with Crippen molar-refractivity contribution >= 4 is 17.8 Å². The van der Waals surface area contributed by atoms with Crippen molar-refractivity contribution in [2.24, 2.45) is 0 Å². The van der Waals surface area contributed by atoms with E-state index in [1.807, 2.05) is 10.9 Å². The molecule has 1 aromatic rings. The number of rotatable bonds is 6. The van der Waals surface area contributed by atoms with Crippen molar-refractivity contribution in [2.75, 3.05) is 13.1 Å². The Morgan fingerprint density at radius 1 is 1.50 bits per heavy atom. The monoisotopic (exact) mass is 279 g/mol. The lowest BCUT2D eigenvalue weighted by Crippen LogP contribution is -2.38. The van der Waals surface area contributed by atoms with Crippen molar-refractivity contribution in [1.82, 2.24) is 25.3 Å². The first-order valence-corrected chi connectivity index (χ1v) is 6.45. The second-order valence-electron chi connectivity index (χ2n) is 4.60. The maximum absolute atomic E-state index is 11.7. The summed E-state index contributed by atoms with van der Waals surface area (Å²) in [6, 6.07) is -0.527. The predicted molar refractivity (Wildman–Crippen MR) is 69.5 cm³/mol. The van der Waals surface area contributed by atoms with Crippen molar-refractivity contribution in [3.63, 3.8) is 0 Å². The second-order valence-corrected chi connectivity index (χ2v) is 4.60. The molecule has 108 valence electrons. The van der Waals surface area contributed by atoms with Crippen LogP contribution in [0.1, 0.15) is 18.9 Å². The second kappa shape index (κ2) is 6.18. The van der Waals surface area contributed by atoms with Gasteiger partial charge in [-0.3, -0.25) is 19.6 Å². The van der Waals surface area contributed by atoms with Crippen LogP contribution in [0, 0.1) is 0 Å². The van der Waals surface area contributed by atoms with Crippen LogP contribution >= 0.6 is 0 Å². The number of hydrogen-bond donors (Lipinski definition) is 2. The molecule has 8 nitrogen and oxygen atoms in total. The third-order valence-corrected chi connectivity index (χ3v) is 2.83. The lowest BCUT2D eigenvalue weighted by atomic mass is 10.3. The highest BCUT2D eigenvalue weighted by atomic mass is 16.2. The number of urea groups is 1. The van der Waals surface area contributed by atoms with Crippen molar-refractivity contribution in [3.8, 4) is 0 Å². The first-order valence-electron chi connectivity index (χ1n) is 6.45. The molecule has 0 bridgehead atoms. The Kier molecular flexibility index (Phi) is 4.34. The molecule has 2 rings (SSSR count). The van der Waals surface area contributed by atoms with Gasteiger partial charge in [-0.05, 0) is 6.42 Å². The molecule has 2 N–H and O–H groups in total. The number of carbonyl (C=O) groups excluding carboxylic acids is 3. The molecule has 0 radical (unpaired) electrons. The third-order valence-electron chi connectivity index (χ3n) is 2.83. The van der Waals surface area contributed by atoms with Crippen molar-refractivity contribution < 1.29 is 14.4 Å². The van der Waals surface area contributed by atoms with Crippen molar-refractivity contribution in [1.29, 1.82) is 0 Å². The van der Waals surface area contributed by atoms with Gasteiger partial charge >= 0.3 is 6.03 Å². The van der Waals surface area contributed by atoms with Crippen LogP contribution in [-0.2, 0) is 22.7 Å². The third kappa shape index (κ3) is 3.56. The summed E-state index contributed by atoms with van der Waals surface area (Å²) in [5, 5.41) is 8.96. The summed E-state index contributed by atoms with van der Waals surface area (Å²) in [4.78, 5) is 35.1. The van der Waals surface area contributed by atoms with E-state index in [2.05, 4.69) is 22.7 Å². The molecule has 0 saturated carbocycles. The maximum atomic E-state index is 11.7. The number of aryl methyl sites for hydroxylation is 1. The lowest BCUT2D eigenvalue weighted by molar-refractivity contribution is -0.122. The Labute approximate surface area is 116 Å². The van der Waals surface area contributed by atoms with E-state index < -0.39 is 6.03 Å². The van der Waals surface area contributed by atoms with Gasteiger partial charge in [0.1, 0.15) is 13.1 Å². The van der Waals surface area contributed by atoms with Gasteiger partial charge in [0.05, 0.1) is 6.20 Å². The van der Waals surface area contributed by atoms with Crippen LogP contribution in [0.2, 0.25) is 0 Å². The van der Waals surface area contributed by atoms with Crippen LogP contribution < -0.4 is 10.6 Å². The van der Waals surface area contributed by atoms with Gasteiger partial charge in [0, 0.05) is 24.8 Å². The summed E-state index contributed by atoms with van der Waals surface area (Å²) in [6.07, 6.45) is 4.56. The fourth-order valence-corrected chi connectivity index (χ4v) is 1.89. The fourth-order valence-electron chi connectivity index (χ4n) is 1.89. The minimum absolute atomic E-state index is 0.0688. The average Bonchev–Trinajstić information content (AvgIpc) is 2.95. The number of nitrogens with one attached hydrogen (secondary N) is 2. The molecule has 8 heteroatoms. The highest BCUT2D eigenvalue weighted by Crippen LogP contribution is 2.00. The van der Waals surface area contributed by atoms with E-state index in [1.165, 1.54) is 0 Å². The number of nitrogens with zero attached hydrogens (tertiary/aromatic N) is 3. The molecule has 1 fully saturated rings. The SMILES string of the molecule is CCCn1cc(CNC(=O)CN2CC(=O)NC2=O)cn1. The molecule has 0 aliphatic carbocycles. The van der Waals surface area contributed by atoms with Crippen molar-refractivity contribution in [2.45, 2.75) is 26.4 Å². The molecule has 0 aromatic carbocycles. The van der Waals surface area contributed by atoms with Gasteiger partial charge in [0.15, 0.2) is 0 Å². The number of hydrogen-bond acceptors (Lipinski definition) is 4. The maximum Gasteiger partial charge on any atom is 0.325 e. The minimum atomic E-state index is -0.527. The summed E-state index contributed by atoms with van der Waals surface area (Å²) >= 11 is 0. The van der Waals surface area contributed by atoms with Gasteiger partial charge in [0.25, 0.3) is 0 Å². The smallest absolute Gasteiger partial charge is 0.325 e. The summed E-state index contributed by atoms with van der Waals surface area (Å²) in [5.41, 5.74) is 0.897. The molecule has 1 saturated heterocycles. The van der Waals surface area contributed by atoms with Gasteiger partial charge < -0.3 is 10.2 Å². The molecule has 0 spiro atoms. The number of amides is 4. The highest BCUT2D eigenvalue weighted by Gasteiger charge is 2.27. The normalized spacial score (nSPS) is 14.6. The topological polar surface area (TPSA) is 96.3 Å². The summed E-state index contributed by atoms with van der Waals surface area (Å²) in [6.45, 7) is 3.06. The Hall–Kier alpha value is -2.38. The quantitative estimate of drug-likeness (QED) is 0.684. The van der Waals surface area contributed by atoms with E-state index in [9.17, 15) is 14.4 Å². The highest BCUT2D eigenvalue weighted by molar-refractivity contribution is 6.03. The van der Waals surface area contributed by atoms with E-state index in [4.69, 9.17) is 0 Å². The Bertz CT molecular complexity index is 525. The zero-order valence-corrected chi connectivity index (χ0v) is 11.3. The van der Waals surface area contributed by atoms with Crippen LogP contribution in [-0.4, -0.2) is 45.6 Å². The molecule has 1 aromatic heterocycles. The molecular weight excluding hydrogens is 262 g/mol. The Balaban J connectivity index is 1.77. The predicted octanol–water partition coefficient (Wildman–Crippen LogP) is -0.539. The van der Waals surface area contributed by atoms with E-state index in [0.717, 1.165) is 23.4 Å². The number of aromatic nitrogens is 2. The Morgan fingerprint density at radius 3 is 2.95 bits per heavy atom. The molecule has 0 unspecified atom stereocenters. The van der Waals surface area contributed by atoms with Crippen LogP contribution in [0.25, 0.3) is 0 Å². The molecule has 1 aliphatic rings. The van der Waals surface area contributed by atoms with E-state index in [0.29, 0.717) is 6.54 Å². The van der Waals surface area contributed by atoms with E-state index in [-0.39, 0.29) is 24.9 Å². The van der Waals surface area contributed by atoms with Crippen LogP contribution in [0.4, 0.5) is 4.79 Å². The summed E-state index contributed by atoms with van der Waals surface area (Å²) < 4.78 is 1.81. The first-order chi connectivity index (χ1) is 9.58. The molecule has 2 heterocycles. The zero-order valence-electron chi connectivity index (χ0n) is 11.3. The molecule has 4 amide bonds. The zero-order chi connectivity index (χ0) is 14.5. The van der Waals surface area contributed by atoms with Gasteiger partial charge in [-0.2, -0.15) is 5.10 Å². The largest absolute Gasteiger partial charge is 0.350 e. The van der Waals surface area contributed by atoms with Crippen LogP contribution in [0.3, 0.4) is 0 Å².